The van der Waals surface area contributed by atoms with Crippen LogP contribution in [0.5, 0.6) is 0 Å². The number of aromatic nitrogens is 2. The van der Waals surface area contributed by atoms with Crippen molar-refractivity contribution in [2.45, 2.75) is 44.7 Å². The number of aryl methyl sites for hydroxylation is 2. The van der Waals surface area contributed by atoms with Gasteiger partial charge in [0.05, 0.1) is 11.4 Å². The number of aromatic amines is 1. The molecule has 0 aromatic carbocycles. The minimum atomic E-state index is -3.48. The number of nitrogens with one attached hydrogen (secondary N) is 2. The Balaban J connectivity index is 2.48. The lowest BCUT2D eigenvalue weighted by molar-refractivity contribution is 0.220. The summed E-state index contributed by atoms with van der Waals surface area (Å²) >= 11 is 0. The van der Waals surface area contributed by atoms with Gasteiger partial charge in [-0.1, -0.05) is 0 Å². The van der Waals surface area contributed by atoms with Crippen LogP contribution in [0.3, 0.4) is 0 Å². The lowest BCUT2D eigenvalue weighted by Crippen LogP contribution is -2.57. The largest absolute Gasteiger partial charge is 0.314 e. The molecule has 0 radical (unpaired) electrons. The molecule has 0 bridgehead atoms. The number of nitrogens with zero attached hydrogens (tertiary/aromatic N) is 2. The normalized spacial score (nSPS) is 26.4. The molecular weight excluding hydrogens is 252 g/mol. The third-order valence-corrected chi connectivity index (χ3v) is 5.74. The van der Waals surface area contributed by atoms with Crippen molar-refractivity contribution in [3.05, 3.63) is 11.4 Å². The zero-order valence-electron chi connectivity index (χ0n) is 11.2. The highest BCUT2D eigenvalue weighted by Crippen LogP contribution is 2.26. The van der Waals surface area contributed by atoms with Crippen LogP contribution >= 0.6 is 0 Å². The van der Waals surface area contributed by atoms with Gasteiger partial charge in [0.2, 0.25) is 10.0 Å². The zero-order chi connectivity index (χ0) is 13.5. The van der Waals surface area contributed by atoms with Crippen LogP contribution in [0.2, 0.25) is 0 Å². The third kappa shape index (κ3) is 2.06. The first-order valence-electron chi connectivity index (χ1n) is 6.11. The Morgan fingerprint density at radius 2 is 1.78 bits per heavy atom. The van der Waals surface area contributed by atoms with Crippen LogP contribution < -0.4 is 5.32 Å². The average Bonchev–Trinajstić information content (AvgIpc) is 2.58. The van der Waals surface area contributed by atoms with E-state index in [2.05, 4.69) is 15.5 Å². The first-order chi connectivity index (χ1) is 8.35. The lowest BCUT2D eigenvalue weighted by Gasteiger charge is -2.38. The minimum Gasteiger partial charge on any atom is -0.314 e. The molecule has 1 saturated heterocycles. The Hall–Kier alpha value is -0.920. The monoisotopic (exact) mass is 272 g/mol. The number of sulfonamides is 1. The highest BCUT2D eigenvalue weighted by Gasteiger charge is 2.38. The molecule has 7 heteroatoms. The van der Waals surface area contributed by atoms with Gasteiger partial charge in [-0.25, -0.2) is 8.42 Å². The molecule has 1 fully saturated rings. The summed E-state index contributed by atoms with van der Waals surface area (Å²) in [6.07, 6.45) is 0. The molecule has 1 aliphatic heterocycles. The predicted molar refractivity (Wildman–Crippen MR) is 68.9 cm³/mol. The van der Waals surface area contributed by atoms with Gasteiger partial charge < -0.3 is 5.32 Å². The van der Waals surface area contributed by atoms with Crippen molar-refractivity contribution in [3.8, 4) is 0 Å². The van der Waals surface area contributed by atoms with E-state index in [0.717, 1.165) is 0 Å². The molecule has 2 atom stereocenters. The fraction of sp³-hybridized carbons (Fsp3) is 0.727. The van der Waals surface area contributed by atoms with Gasteiger partial charge in [-0.2, -0.15) is 9.40 Å². The van der Waals surface area contributed by atoms with Crippen LogP contribution in [-0.2, 0) is 10.0 Å². The van der Waals surface area contributed by atoms with Gasteiger partial charge in [0.15, 0.2) is 0 Å². The lowest BCUT2D eigenvalue weighted by atomic mass is 10.2. The number of piperazine rings is 1. The summed E-state index contributed by atoms with van der Waals surface area (Å²) in [5.41, 5.74) is 1.14. The van der Waals surface area contributed by atoms with E-state index in [1.165, 1.54) is 0 Å². The Bertz CT molecular complexity index is 508. The SMILES string of the molecule is Cc1n[nH]c(C)c1S(=O)(=O)N1C(C)CNCC1C. The highest BCUT2D eigenvalue weighted by molar-refractivity contribution is 7.89. The minimum absolute atomic E-state index is 0.0487. The Kier molecular flexibility index (Phi) is 3.48. The summed E-state index contributed by atoms with van der Waals surface area (Å²) in [4.78, 5) is 0.322. The first kappa shape index (κ1) is 13.5. The smallest absolute Gasteiger partial charge is 0.247 e. The van der Waals surface area contributed by atoms with E-state index in [4.69, 9.17) is 0 Å². The maximum atomic E-state index is 12.7. The van der Waals surface area contributed by atoms with E-state index in [1.807, 2.05) is 13.8 Å². The summed E-state index contributed by atoms with van der Waals surface area (Å²) in [6, 6.07) is -0.0973. The summed E-state index contributed by atoms with van der Waals surface area (Å²) in [5.74, 6) is 0. The Morgan fingerprint density at radius 1 is 1.22 bits per heavy atom. The van der Waals surface area contributed by atoms with E-state index in [1.54, 1.807) is 18.2 Å². The molecule has 0 aliphatic carbocycles. The highest BCUT2D eigenvalue weighted by atomic mass is 32.2. The second-order valence-corrected chi connectivity index (χ2v) is 6.73. The van der Waals surface area contributed by atoms with E-state index in [-0.39, 0.29) is 12.1 Å². The summed E-state index contributed by atoms with van der Waals surface area (Å²) < 4.78 is 27.1. The fourth-order valence-electron chi connectivity index (χ4n) is 2.62. The van der Waals surface area contributed by atoms with E-state index in [0.29, 0.717) is 29.4 Å². The maximum absolute atomic E-state index is 12.7. The summed E-state index contributed by atoms with van der Waals surface area (Å²) in [7, 11) is -3.48. The molecule has 1 aromatic heterocycles. The standard InChI is InChI=1S/C11H20N4O2S/c1-7-5-12-6-8(2)15(7)18(16,17)11-9(3)13-14-10(11)4/h7-8,12H,5-6H2,1-4H3,(H,13,14). The van der Waals surface area contributed by atoms with E-state index >= 15 is 0 Å². The quantitative estimate of drug-likeness (QED) is 0.817. The molecule has 0 saturated carbocycles. The van der Waals surface area contributed by atoms with E-state index in [9.17, 15) is 8.42 Å². The maximum Gasteiger partial charge on any atom is 0.247 e. The Labute approximate surface area is 108 Å². The van der Waals surface area contributed by atoms with Crippen molar-refractivity contribution in [2.75, 3.05) is 13.1 Å². The van der Waals surface area contributed by atoms with E-state index < -0.39 is 10.0 Å². The molecule has 6 nitrogen and oxygen atoms in total. The third-order valence-electron chi connectivity index (χ3n) is 3.34. The van der Waals surface area contributed by atoms with Gasteiger partial charge >= 0.3 is 0 Å². The van der Waals surface area contributed by atoms with Gasteiger partial charge in [0.25, 0.3) is 0 Å². The van der Waals surface area contributed by atoms with Gasteiger partial charge in [-0.15, -0.1) is 0 Å². The molecule has 102 valence electrons. The average molecular weight is 272 g/mol. The van der Waals surface area contributed by atoms with Gasteiger partial charge in [0, 0.05) is 25.2 Å². The molecule has 2 N–H and O–H groups in total. The second kappa shape index (κ2) is 4.64. The van der Waals surface area contributed by atoms with Crippen molar-refractivity contribution in [1.29, 1.82) is 0 Å². The van der Waals surface area contributed by atoms with Crippen molar-refractivity contribution in [2.24, 2.45) is 0 Å². The van der Waals surface area contributed by atoms with Gasteiger partial charge in [-0.3, -0.25) is 5.10 Å². The molecule has 2 heterocycles. The van der Waals surface area contributed by atoms with Gasteiger partial charge in [-0.05, 0) is 27.7 Å². The number of hydrogen-bond donors (Lipinski definition) is 2. The van der Waals surface area contributed by atoms with Crippen LogP contribution in [-0.4, -0.2) is 48.1 Å². The van der Waals surface area contributed by atoms with Crippen molar-refractivity contribution < 1.29 is 8.42 Å². The molecule has 0 spiro atoms. The molecule has 1 aromatic rings. The first-order valence-corrected chi connectivity index (χ1v) is 7.55. The second-order valence-electron chi connectivity index (χ2n) is 4.95. The number of H-pyrrole nitrogens is 1. The molecule has 18 heavy (non-hydrogen) atoms. The van der Waals surface area contributed by atoms with Gasteiger partial charge in [0.1, 0.15) is 4.90 Å². The van der Waals surface area contributed by atoms with Crippen molar-refractivity contribution in [1.82, 2.24) is 19.8 Å². The molecule has 2 unspecified atom stereocenters. The van der Waals surface area contributed by atoms with Crippen LogP contribution in [0.15, 0.2) is 4.90 Å². The zero-order valence-corrected chi connectivity index (χ0v) is 12.0. The Morgan fingerprint density at radius 3 is 2.22 bits per heavy atom. The van der Waals surface area contributed by atoms with Crippen molar-refractivity contribution in [3.63, 3.8) is 0 Å². The number of hydrogen-bond acceptors (Lipinski definition) is 4. The molecule has 0 amide bonds. The molecule has 1 aliphatic rings. The summed E-state index contributed by atoms with van der Waals surface area (Å²) in [5, 5.41) is 9.95. The van der Waals surface area contributed by atoms with Crippen LogP contribution in [0, 0.1) is 13.8 Å². The molecular formula is C11H20N4O2S. The van der Waals surface area contributed by atoms with Crippen molar-refractivity contribution >= 4 is 10.0 Å². The van der Waals surface area contributed by atoms with Crippen LogP contribution in [0.25, 0.3) is 0 Å². The predicted octanol–water partition coefficient (Wildman–Crippen LogP) is 0.397. The molecule has 2 rings (SSSR count). The number of rotatable bonds is 2. The summed E-state index contributed by atoms with van der Waals surface area (Å²) in [6.45, 7) is 8.66. The van der Waals surface area contributed by atoms with Crippen LogP contribution in [0.1, 0.15) is 25.2 Å². The fourth-order valence-corrected chi connectivity index (χ4v) is 4.77. The van der Waals surface area contributed by atoms with Crippen LogP contribution in [0.4, 0.5) is 0 Å². The topological polar surface area (TPSA) is 78.1 Å².